The lowest BCUT2D eigenvalue weighted by Gasteiger charge is -2.07. The SMILES string of the molecule is CC1C/C=C/CC/C=C/CCCC1=O. The van der Waals surface area contributed by atoms with Gasteiger partial charge in [0.05, 0.1) is 0 Å². The highest BCUT2D eigenvalue weighted by molar-refractivity contribution is 5.80. The maximum absolute atomic E-state index is 11.6. The Morgan fingerprint density at radius 1 is 1.07 bits per heavy atom. The molecule has 1 heteroatoms. The summed E-state index contributed by atoms with van der Waals surface area (Å²) in [4.78, 5) is 11.6. The van der Waals surface area contributed by atoms with Crippen molar-refractivity contribution in [3.63, 3.8) is 0 Å². The van der Waals surface area contributed by atoms with Crippen LogP contribution in [0.4, 0.5) is 0 Å². The van der Waals surface area contributed by atoms with E-state index in [-0.39, 0.29) is 5.92 Å². The van der Waals surface area contributed by atoms with Crippen molar-refractivity contribution >= 4 is 5.78 Å². The number of Topliss-reactive ketones (excluding diaryl/α,β-unsaturated/α-hetero) is 1. The van der Waals surface area contributed by atoms with Gasteiger partial charge in [-0.25, -0.2) is 0 Å². The minimum absolute atomic E-state index is 0.217. The molecule has 0 heterocycles. The average molecular weight is 192 g/mol. The van der Waals surface area contributed by atoms with Crippen molar-refractivity contribution in [2.24, 2.45) is 5.92 Å². The van der Waals surface area contributed by atoms with Crippen LogP contribution in [0.15, 0.2) is 24.3 Å². The smallest absolute Gasteiger partial charge is 0.136 e. The number of allylic oxidation sites excluding steroid dienone is 4. The van der Waals surface area contributed by atoms with Gasteiger partial charge in [0.2, 0.25) is 0 Å². The third-order valence-corrected chi connectivity index (χ3v) is 2.67. The second-order valence-electron chi connectivity index (χ2n) is 4.02. The lowest BCUT2D eigenvalue weighted by atomic mass is 9.97. The van der Waals surface area contributed by atoms with Gasteiger partial charge >= 0.3 is 0 Å². The van der Waals surface area contributed by atoms with Crippen LogP contribution in [0.5, 0.6) is 0 Å². The molecule has 0 radical (unpaired) electrons. The Labute approximate surface area is 86.9 Å². The largest absolute Gasteiger partial charge is 0.299 e. The normalized spacial score (nSPS) is 30.1. The van der Waals surface area contributed by atoms with Crippen LogP contribution >= 0.6 is 0 Å². The van der Waals surface area contributed by atoms with E-state index in [9.17, 15) is 4.79 Å². The number of carbonyl (C=O) groups excluding carboxylic acids is 1. The Kier molecular flexibility index (Phi) is 5.28. The van der Waals surface area contributed by atoms with Crippen LogP contribution in [0.2, 0.25) is 0 Å². The van der Waals surface area contributed by atoms with Gasteiger partial charge in [0.25, 0.3) is 0 Å². The minimum Gasteiger partial charge on any atom is -0.299 e. The zero-order valence-electron chi connectivity index (χ0n) is 9.04. The van der Waals surface area contributed by atoms with E-state index in [1.807, 2.05) is 6.92 Å². The van der Waals surface area contributed by atoms with Crippen LogP contribution in [0, 0.1) is 5.92 Å². The van der Waals surface area contributed by atoms with Gasteiger partial charge in [-0.15, -0.1) is 0 Å². The van der Waals surface area contributed by atoms with E-state index in [4.69, 9.17) is 0 Å². The maximum Gasteiger partial charge on any atom is 0.136 e. The van der Waals surface area contributed by atoms with E-state index in [0.29, 0.717) is 5.78 Å². The molecule has 0 aliphatic heterocycles. The van der Waals surface area contributed by atoms with Gasteiger partial charge < -0.3 is 0 Å². The van der Waals surface area contributed by atoms with Crippen molar-refractivity contribution in [3.8, 4) is 0 Å². The van der Waals surface area contributed by atoms with Crippen molar-refractivity contribution in [3.05, 3.63) is 24.3 Å². The Hall–Kier alpha value is -0.850. The van der Waals surface area contributed by atoms with Crippen molar-refractivity contribution in [2.45, 2.75) is 45.4 Å². The van der Waals surface area contributed by atoms with Gasteiger partial charge in [0.1, 0.15) is 5.78 Å². The first-order valence-corrected chi connectivity index (χ1v) is 5.63. The molecule has 0 saturated heterocycles. The Morgan fingerprint density at radius 2 is 1.71 bits per heavy atom. The molecule has 1 unspecified atom stereocenters. The number of rotatable bonds is 0. The van der Waals surface area contributed by atoms with E-state index < -0.39 is 0 Å². The van der Waals surface area contributed by atoms with Crippen molar-refractivity contribution in [1.29, 1.82) is 0 Å². The molecular weight excluding hydrogens is 172 g/mol. The first kappa shape index (κ1) is 11.2. The summed E-state index contributed by atoms with van der Waals surface area (Å²) < 4.78 is 0. The Balaban J connectivity index is 2.45. The number of hydrogen-bond donors (Lipinski definition) is 0. The molecule has 0 amide bonds. The highest BCUT2D eigenvalue weighted by Gasteiger charge is 2.10. The fourth-order valence-corrected chi connectivity index (χ4v) is 1.62. The molecule has 1 atom stereocenters. The van der Waals surface area contributed by atoms with E-state index in [2.05, 4.69) is 24.3 Å². The molecule has 78 valence electrons. The fourth-order valence-electron chi connectivity index (χ4n) is 1.62. The molecule has 1 aliphatic carbocycles. The molecule has 0 fully saturated rings. The summed E-state index contributed by atoms with van der Waals surface area (Å²) in [7, 11) is 0. The number of hydrogen-bond acceptors (Lipinski definition) is 1. The predicted octanol–water partition coefficient (Wildman–Crippen LogP) is 3.66. The molecule has 0 aromatic carbocycles. The van der Waals surface area contributed by atoms with Gasteiger partial charge in [-0.1, -0.05) is 31.2 Å². The average Bonchev–Trinajstić information content (AvgIpc) is 2.18. The summed E-state index contributed by atoms with van der Waals surface area (Å²) >= 11 is 0. The van der Waals surface area contributed by atoms with E-state index >= 15 is 0 Å². The van der Waals surface area contributed by atoms with Gasteiger partial charge in [0, 0.05) is 12.3 Å². The fraction of sp³-hybridized carbons (Fsp3) is 0.615. The van der Waals surface area contributed by atoms with Crippen LogP contribution in [-0.4, -0.2) is 5.78 Å². The third kappa shape index (κ3) is 4.40. The summed E-state index contributed by atoms with van der Waals surface area (Å²) in [5.74, 6) is 0.637. The van der Waals surface area contributed by atoms with Crippen molar-refractivity contribution in [2.75, 3.05) is 0 Å². The molecule has 1 rings (SSSR count). The van der Waals surface area contributed by atoms with Gasteiger partial charge in [-0.05, 0) is 32.1 Å². The zero-order chi connectivity index (χ0) is 10.2. The maximum atomic E-state index is 11.6. The van der Waals surface area contributed by atoms with E-state index in [1.165, 1.54) is 0 Å². The monoisotopic (exact) mass is 192 g/mol. The summed E-state index contributed by atoms with van der Waals surface area (Å²) in [5, 5.41) is 0. The van der Waals surface area contributed by atoms with Gasteiger partial charge in [-0.3, -0.25) is 4.79 Å². The number of ketones is 1. The lowest BCUT2D eigenvalue weighted by molar-refractivity contribution is -0.122. The second kappa shape index (κ2) is 6.58. The Morgan fingerprint density at radius 3 is 2.50 bits per heavy atom. The predicted molar refractivity (Wildman–Crippen MR) is 60.2 cm³/mol. The van der Waals surface area contributed by atoms with E-state index in [1.54, 1.807) is 0 Å². The quantitative estimate of drug-likeness (QED) is 0.535. The number of carbonyl (C=O) groups is 1. The highest BCUT2D eigenvalue weighted by atomic mass is 16.1. The van der Waals surface area contributed by atoms with Crippen LogP contribution in [0.1, 0.15) is 45.4 Å². The van der Waals surface area contributed by atoms with Crippen molar-refractivity contribution < 1.29 is 4.79 Å². The van der Waals surface area contributed by atoms with Crippen LogP contribution in [0.3, 0.4) is 0 Å². The van der Waals surface area contributed by atoms with Crippen LogP contribution < -0.4 is 0 Å². The molecule has 0 N–H and O–H groups in total. The molecule has 14 heavy (non-hydrogen) atoms. The molecular formula is C13H20O. The standard InChI is InChI=1S/C13H20O/c1-12-10-8-6-4-2-3-5-7-9-11-13(12)14/h3,5-6,8,12H,2,4,7,9-11H2,1H3/b5-3+,8-6+. The minimum atomic E-state index is 0.217. The molecule has 0 aromatic heterocycles. The van der Waals surface area contributed by atoms with Crippen LogP contribution in [-0.2, 0) is 4.79 Å². The summed E-state index contributed by atoms with van der Waals surface area (Å²) in [6.07, 6.45) is 14.8. The molecule has 0 aromatic rings. The highest BCUT2D eigenvalue weighted by Crippen LogP contribution is 2.11. The van der Waals surface area contributed by atoms with Gasteiger partial charge in [0.15, 0.2) is 0 Å². The first-order valence-electron chi connectivity index (χ1n) is 5.63. The van der Waals surface area contributed by atoms with Crippen molar-refractivity contribution in [1.82, 2.24) is 0 Å². The lowest BCUT2D eigenvalue weighted by Crippen LogP contribution is -2.09. The zero-order valence-corrected chi connectivity index (χ0v) is 9.04. The summed E-state index contributed by atoms with van der Waals surface area (Å²) in [5.41, 5.74) is 0. The molecule has 1 aliphatic rings. The molecule has 0 bridgehead atoms. The molecule has 1 nitrogen and oxygen atoms in total. The Bertz CT molecular complexity index is 225. The summed E-state index contributed by atoms with van der Waals surface area (Å²) in [6.45, 7) is 2.04. The molecule has 0 saturated carbocycles. The topological polar surface area (TPSA) is 17.1 Å². The van der Waals surface area contributed by atoms with Crippen LogP contribution in [0.25, 0.3) is 0 Å². The summed E-state index contributed by atoms with van der Waals surface area (Å²) in [6, 6.07) is 0. The van der Waals surface area contributed by atoms with Gasteiger partial charge in [-0.2, -0.15) is 0 Å². The van der Waals surface area contributed by atoms with E-state index in [0.717, 1.165) is 38.5 Å². The second-order valence-corrected chi connectivity index (χ2v) is 4.02. The first-order chi connectivity index (χ1) is 6.80. The molecule has 0 spiro atoms. The third-order valence-electron chi connectivity index (χ3n) is 2.67.